The van der Waals surface area contributed by atoms with Gasteiger partial charge in [-0.05, 0) is 87.0 Å². The van der Waals surface area contributed by atoms with Crippen molar-refractivity contribution >= 4 is 129 Å². The summed E-state index contributed by atoms with van der Waals surface area (Å²) < 4.78 is 6.88. The van der Waals surface area contributed by atoms with Crippen molar-refractivity contribution < 1.29 is 0 Å². The molecule has 0 aliphatic rings. The Hall–Kier alpha value is -1.35. The van der Waals surface area contributed by atoms with Crippen molar-refractivity contribution in [1.29, 1.82) is 0 Å². The molecule has 4 aromatic carbocycles. The average molecular weight is 670 g/mol. The molecule has 0 spiro atoms. The van der Waals surface area contributed by atoms with Crippen molar-refractivity contribution in [3.63, 3.8) is 0 Å². The number of benzene rings is 4. The van der Waals surface area contributed by atoms with E-state index in [-0.39, 0.29) is 0 Å². The fraction of sp³-hybridized carbons (Fsp3) is 0. The minimum atomic E-state index is 1.06. The molecule has 0 saturated heterocycles. The number of nitrogens with zero attached hydrogens (tertiary/aromatic N) is 3. The van der Waals surface area contributed by atoms with Crippen molar-refractivity contribution in [2.45, 2.75) is 27.7 Å². The Morgan fingerprint density at radius 1 is 0.385 bits per heavy atom. The third-order valence-corrected chi connectivity index (χ3v) is 16.4. The molecule has 3 aromatic heterocycles. The van der Waals surface area contributed by atoms with Crippen LogP contribution in [0, 0.1) is 0 Å². The van der Waals surface area contributed by atoms with Gasteiger partial charge in [0.15, 0.2) is 13.0 Å². The standard InChI is InChI=1S/C27H15N3S9/c1-4-10-22-19(7-1)28-25(31-22)37-34-16-13-17(35-38-26-29-20-8-2-5-11-23(20)32-26)15-18(14-16)36-39-27-30-21-9-3-6-12-24(21)33-27/h1-15H. The fourth-order valence-electron chi connectivity index (χ4n) is 3.60. The zero-order valence-corrected chi connectivity index (χ0v) is 27.0. The van der Waals surface area contributed by atoms with Gasteiger partial charge in [0.2, 0.25) is 0 Å². The molecule has 0 unspecified atom stereocenters. The Morgan fingerprint density at radius 3 is 1.00 bits per heavy atom. The molecule has 0 radical (unpaired) electrons. The van der Waals surface area contributed by atoms with Crippen LogP contribution in [0.4, 0.5) is 0 Å². The van der Waals surface area contributed by atoms with E-state index in [1.807, 2.05) is 18.2 Å². The molecule has 12 heteroatoms. The lowest BCUT2D eigenvalue weighted by molar-refractivity contribution is 1.24. The van der Waals surface area contributed by atoms with Crippen LogP contribution in [0.1, 0.15) is 0 Å². The number of hydrogen-bond acceptors (Lipinski definition) is 12. The number of aromatic nitrogens is 3. The van der Waals surface area contributed by atoms with Crippen LogP contribution in [-0.2, 0) is 0 Å². The molecule has 0 aliphatic heterocycles. The van der Waals surface area contributed by atoms with Crippen molar-refractivity contribution in [1.82, 2.24) is 15.0 Å². The number of para-hydroxylation sites is 3. The molecule has 0 amide bonds. The van der Waals surface area contributed by atoms with Crippen LogP contribution >= 0.6 is 98.8 Å². The van der Waals surface area contributed by atoms with E-state index in [1.165, 1.54) is 28.8 Å². The third-order valence-electron chi connectivity index (χ3n) is 5.30. The molecule has 0 N–H and O–H groups in total. The molecular weight excluding hydrogens is 655 g/mol. The maximum absolute atomic E-state index is 4.79. The van der Waals surface area contributed by atoms with E-state index >= 15 is 0 Å². The summed E-state index contributed by atoms with van der Waals surface area (Å²) >= 11 is 5.23. The molecule has 0 aliphatic carbocycles. The molecule has 192 valence electrons. The summed E-state index contributed by atoms with van der Waals surface area (Å²) in [7, 11) is 10.5. The van der Waals surface area contributed by atoms with Crippen LogP contribution in [0.5, 0.6) is 0 Å². The van der Waals surface area contributed by atoms with Crippen LogP contribution in [0.3, 0.4) is 0 Å². The van der Waals surface area contributed by atoms with Crippen LogP contribution < -0.4 is 0 Å². The van der Waals surface area contributed by atoms with Gasteiger partial charge in [-0.3, -0.25) is 0 Å². The van der Waals surface area contributed by atoms with E-state index in [4.69, 9.17) is 15.0 Å². The van der Waals surface area contributed by atoms with Gasteiger partial charge in [-0.15, -0.1) is 34.0 Å². The van der Waals surface area contributed by atoms with Crippen molar-refractivity contribution in [3.05, 3.63) is 91.0 Å². The van der Waals surface area contributed by atoms with Crippen LogP contribution in [0.25, 0.3) is 30.6 Å². The lowest BCUT2D eigenvalue weighted by atomic mass is 10.3. The van der Waals surface area contributed by atoms with E-state index in [9.17, 15) is 0 Å². The summed E-state index contributed by atoms with van der Waals surface area (Å²) in [6, 6.07) is 31.7. The molecule has 0 atom stereocenters. The smallest absolute Gasteiger partial charge is 0.162 e. The zero-order chi connectivity index (χ0) is 26.0. The van der Waals surface area contributed by atoms with Gasteiger partial charge in [0.1, 0.15) is 0 Å². The number of rotatable bonds is 9. The number of thiazole rings is 3. The van der Waals surface area contributed by atoms with Gasteiger partial charge in [0.05, 0.1) is 30.6 Å². The van der Waals surface area contributed by atoms with E-state index in [1.54, 1.807) is 98.8 Å². The quantitative estimate of drug-likeness (QED) is 0.140. The second-order valence-corrected chi connectivity index (χ2v) is 18.4. The Bertz CT molecular complexity index is 1580. The summed E-state index contributed by atoms with van der Waals surface area (Å²) in [5.74, 6) is 0. The summed E-state index contributed by atoms with van der Waals surface area (Å²) in [6.07, 6.45) is 0. The summed E-state index contributed by atoms with van der Waals surface area (Å²) in [6.45, 7) is 0. The first-order valence-electron chi connectivity index (χ1n) is 11.5. The minimum absolute atomic E-state index is 1.06. The van der Waals surface area contributed by atoms with E-state index < -0.39 is 0 Å². The predicted molar refractivity (Wildman–Crippen MR) is 180 cm³/mol. The van der Waals surface area contributed by atoms with Crippen molar-refractivity contribution in [3.8, 4) is 0 Å². The van der Waals surface area contributed by atoms with Crippen molar-refractivity contribution in [2.24, 2.45) is 0 Å². The first-order chi connectivity index (χ1) is 19.2. The van der Waals surface area contributed by atoms with Gasteiger partial charge < -0.3 is 0 Å². The largest absolute Gasteiger partial charge is 0.229 e. The molecule has 0 fully saturated rings. The Morgan fingerprint density at radius 2 is 0.692 bits per heavy atom. The molecule has 3 heterocycles. The maximum atomic E-state index is 4.79. The van der Waals surface area contributed by atoms with Gasteiger partial charge in [-0.25, -0.2) is 15.0 Å². The highest BCUT2D eigenvalue weighted by molar-refractivity contribution is 8.78. The molecular formula is C27H15N3S9. The summed E-state index contributed by atoms with van der Waals surface area (Å²) in [4.78, 5) is 18.0. The first kappa shape index (κ1) is 26.5. The highest BCUT2D eigenvalue weighted by atomic mass is 33.1. The second kappa shape index (κ2) is 12.3. The maximum Gasteiger partial charge on any atom is 0.162 e. The Kier molecular flexibility index (Phi) is 8.34. The molecule has 7 rings (SSSR count). The number of fused-ring (bicyclic) bond motifs is 3. The second-order valence-electron chi connectivity index (χ2n) is 7.98. The lowest BCUT2D eigenvalue weighted by Crippen LogP contribution is -1.77. The van der Waals surface area contributed by atoms with Crippen LogP contribution in [0.2, 0.25) is 0 Å². The zero-order valence-electron chi connectivity index (χ0n) is 19.7. The Balaban J connectivity index is 1.11. The van der Waals surface area contributed by atoms with Crippen LogP contribution in [0.15, 0.2) is 119 Å². The number of hydrogen-bond donors (Lipinski definition) is 0. The lowest BCUT2D eigenvalue weighted by Gasteiger charge is -2.07. The topological polar surface area (TPSA) is 38.7 Å². The fourth-order valence-corrected chi connectivity index (χ4v) is 13.6. The normalized spacial score (nSPS) is 11.7. The molecule has 39 heavy (non-hydrogen) atoms. The average Bonchev–Trinajstić information content (AvgIpc) is 3.69. The third kappa shape index (κ3) is 6.44. The van der Waals surface area contributed by atoms with E-state index in [2.05, 4.69) is 72.8 Å². The molecule has 0 saturated carbocycles. The summed E-state index contributed by atoms with van der Waals surface area (Å²) in [5, 5.41) is 0. The first-order valence-corrected chi connectivity index (χ1v) is 20.4. The molecule has 0 bridgehead atoms. The van der Waals surface area contributed by atoms with Gasteiger partial charge in [0.25, 0.3) is 0 Å². The van der Waals surface area contributed by atoms with E-state index in [0.29, 0.717) is 0 Å². The van der Waals surface area contributed by atoms with Gasteiger partial charge in [-0.1, -0.05) is 68.8 Å². The van der Waals surface area contributed by atoms with Gasteiger partial charge in [-0.2, -0.15) is 0 Å². The van der Waals surface area contributed by atoms with Crippen molar-refractivity contribution in [2.75, 3.05) is 0 Å². The molecule has 7 aromatic rings. The highest BCUT2D eigenvalue weighted by Gasteiger charge is 2.12. The Labute approximate surface area is 260 Å². The monoisotopic (exact) mass is 669 g/mol. The van der Waals surface area contributed by atoms with E-state index in [0.717, 1.165) is 29.6 Å². The van der Waals surface area contributed by atoms with Gasteiger partial charge in [0, 0.05) is 14.7 Å². The van der Waals surface area contributed by atoms with Gasteiger partial charge >= 0.3 is 0 Å². The molecule has 3 nitrogen and oxygen atoms in total. The minimum Gasteiger partial charge on any atom is -0.229 e. The SMILES string of the molecule is c1ccc2sc(SSc3cc(SSc4nc5ccccc5s4)cc(SSc4nc5ccccc5s4)c3)nc2c1. The van der Waals surface area contributed by atoms with Crippen LogP contribution in [-0.4, -0.2) is 15.0 Å². The summed E-state index contributed by atoms with van der Waals surface area (Å²) in [5.41, 5.74) is 3.18. The highest BCUT2D eigenvalue weighted by Crippen LogP contribution is 2.48. The predicted octanol–water partition coefficient (Wildman–Crippen LogP) is 11.9.